The summed E-state index contributed by atoms with van der Waals surface area (Å²) in [6.07, 6.45) is 0. The first kappa shape index (κ1) is 18.7. The van der Waals surface area contributed by atoms with Gasteiger partial charge in [0.25, 0.3) is 11.8 Å². The number of carbonyl (C=O) groups excluding carboxylic acids is 2. The first-order chi connectivity index (χ1) is 13.2. The molecule has 3 rings (SSSR count). The Kier molecular flexibility index (Phi) is 5.92. The maximum atomic E-state index is 12.4. The SMILES string of the molecule is CO/N=C(\COOC)c1ccccc1CON1C(=O)c2ccccc2C1=O. The lowest BCUT2D eigenvalue weighted by Crippen LogP contribution is -2.30. The molecule has 0 bridgehead atoms. The molecule has 2 aromatic carbocycles. The van der Waals surface area contributed by atoms with Crippen LogP contribution >= 0.6 is 0 Å². The molecule has 0 N–H and O–H groups in total. The second-order valence-electron chi connectivity index (χ2n) is 5.53. The van der Waals surface area contributed by atoms with Crippen molar-refractivity contribution in [3.05, 3.63) is 70.8 Å². The van der Waals surface area contributed by atoms with Crippen LogP contribution in [0.1, 0.15) is 31.8 Å². The van der Waals surface area contributed by atoms with Gasteiger partial charge in [-0.3, -0.25) is 14.4 Å². The average molecular weight is 370 g/mol. The van der Waals surface area contributed by atoms with Gasteiger partial charge in [0.05, 0.1) is 18.2 Å². The van der Waals surface area contributed by atoms with Crippen molar-refractivity contribution in [1.29, 1.82) is 0 Å². The van der Waals surface area contributed by atoms with Crippen LogP contribution in [0.3, 0.4) is 0 Å². The molecular formula is C19H18N2O6. The quantitative estimate of drug-likeness (QED) is 0.307. The van der Waals surface area contributed by atoms with Gasteiger partial charge in [0.2, 0.25) is 0 Å². The highest BCUT2D eigenvalue weighted by Crippen LogP contribution is 2.24. The van der Waals surface area contributed by atoms with Gasteiger partial charge < -0.3 is 4.84 Å². The topological polar surface area (TPSA) is 86.7 Å². The van der Waals surface area contributed by atoms with Crippen LogP contribution in [0.5, 0.6) is 0 Å². The lowest BCUT2D eigenvalue weighted by atomic mass is 10.0. The van der Waals surface area contributed by atoms with Crippen LogP contribution in [-0.4, -0.2) is 43.4 Å². The van der Waals surface area contributed by atoms with Crippen LogP contribution in [0.4, 0.5) is 0 Å². The van der Waals surface area contributed by atoms with Crippen molar-refractivity contribution in [2.75, 3.05) is 20.8 Å². The Morgan fingerprint density at radius 1 is 0.963 bits per heavy atom. The summed E-state index contributed by atoms with van der Waals surface area (Å²) in [5.74, 6) is -0.969. The Hall–Kier alpha value is -3.07. The fourth-order valence-corrected chi connectivity index (χ4v) is 2.72. The van der Waals surface area contributed by atoms with E-state index < -0.39 is 11.8 Å². The van der Waals surface area contributed by atoms with E-state index in [-0.39, 0.29) is 13.2 Å². The van der Waals surface area contributed by atoms with Crippen LogP contribution < -0.4 is 0 Å². The van der Waals surface area contributed by atoms with E-state index >= 15 is 0 Å². The summed E-state index contributed by atoms with van der Waals surface area (Å²) in [7, 11) is 2.81. The largest absolute Gasteiger partial charge is 0.399 e. The maximum Gasteiger partial charge on any atom is 0.285 e. The van der Waals surface area contributed by atoms with E-state index in [9.17, 15) is 9.59 Å². The Balaban J connectivity index is 1.79. The summed E-state index contributed by atoms with van der Waals surface area (Å²) < 4.78 is 0. The molecule has 8 nitrogen and oxygen atoms in total. The third kappa shape index (κ3) is 3.87. The highest BCUT2D eigenvalue weighted by molar-refractivity contribution is 6.20. The number of amides is 2. The number of benzene rings is 2. The zero-order valence-corrected chi connectivity index (χ0v) is 14.9. The van der Waals surface area contributed by atoms with Gasteiger partial charge >= 0.3 is 0 Å². The van der Waals surface area contributed by atoms with Crippen molar-refractivity contribution in [3.8, 4) is 0 Å². The van der Waals surface area contributed by atoms with Crippen LogP contribution in [0.15, 0.2) is 53.7 Å². The molecule has 0 saturated heterocycles. The second-order valence-corrected chi connectivity index (χ2v) is 5.53. The number of oxime groups is 1. The molecule has 1 aliphatic heterocycles. The first-order valence-electron chi connectivity index (χ1n) is 8.12. The number of carbonyl (C=O) groups is 2. The van der Waals surface area contributed by atoms with Gasteiger partial charge in [-0.2, -0.15) is 0 Å². The van der Waals surface area contributed by atoms with Crippen molar-refractivity contribution in [2.45, 2.75) is 6.61 Å². The molecule has 1 heterocycles. The number of fused-ring (bicyclic) bond motifs is 1. The van der Waals surface area contributed by atoms with Gasteiger partial charge in [-0.25, -0.2) is 9.78 Å². The molecule has 0 fully saturated rings. The van der Waals surface area contributed by atoms with E-state index in [2.05, 4.69) is 10.0 Å². The molecule has 2 amide bonds. The highest BCUT2D eigenvalue weighted by atomic mass is 17.2. The fraction of sp³-hybridized carbons (Fsp3) is 0.211. The predicted octanol–water partition coefficient (Wildman–Crippen LogP) is 2.34. The van der Waals surface area contributed by atoms with Crippen molar-refractivity contribution in [2.24, 2.45) is 5.16 Å². The highest BCUT2D eigenvalue weighted by Gasteiger charge is 2.36. The monoisotopic (exact) mass is 370 g/mol. The van der Waals surface area contributed by atoms with Gasteiger partial charge in [0.15, 0.2) is 0 Å². The molecule has 1 aliphatic rings. The number of hydroxylamine groups is 2. The summed E-state index contributed by atoms with van der Waals surface area (Å²) in [6.45, 7) is 0.0335. The van der Waals surface area contributed by atoms with Crippen LogP contribution in [0, 0.1) is 0 Å². The predicted molar refractivity (Wildman–Crippen MR) is 94.7 cm³/mol. The van der Waals surface area contributed by atoms with Crippen molar-refractivity contribution in [1.82, 2.24) is 5.06 Å². The third-order valence-corrected chi connectivity index (χ3v) is 3.95. The van der Waals surface area contributed by atoms with Gasteiger partial charge in [0.1, 0.15) is 26.0 Å². The molecule has 0 atom stereocenters. The molecule has 2 aromatic rings. The molecular weight excluding hydrogens is 352 g/mol. The van der Waals surface area contributed by atoms with Crippen molar-refractivity contribution < 1.29 is 29.0 Å². The lowest BCUT2D eigenvalue weighted by molar-refractivity contribution is -0.259. The van der Waals surface area contributed by atoms with Crippen LogP contribution in [0.2, 0.25) is 0 Å². The summed E-state index contributed by atoms with van der Waals surface area (Å²) in [6, 6.07) is 13.8. The Labute approximate surface area is 155 Å². The van der Waals surface area contributed by atoms with Crippen molar-refractivity contribution in [3.63, 3.8) is 0 Å². The Morgan fingerprint density at radius 2 is 1.59 bits per heavy atom. The van der Waals surface area contributed by atoms with E-state index in [0.717, 1.165) is 5.06 Å². The van der Waals surface area contributed by atoms with Crippen LogP contribution in [0.25, 0.3) is 0 Å². The van der Waals surface area contributed by atoms with Crippen molar-refractivity contribution >= 4 is 17.5 Å². The molecule has 140 valence electrons. The van der Waals surface area contributed by atoms with Gasteiger partial charge in [-0.1, -0.05) is 41.6 Å². The Bertz CT molecular complexity index is 845. The minimum Gasteiger partial charge on any atom is -0.399 e. The molecule has 0 unspecified atom stereocenters. The summed E-state index contributed by atoms with van der Waals surface area (Å²) in [5, 5.41) is 4.72. The zero-order chi connectivity index (χ0) is 19.2. The Morgan fingerprint density at radius 3 is 2.22 bits per heavy atom. The second kappa shape index (κ2) is 8.54. The van der Waals surface area contributed by atoms with E-state index in [1.165, 1.54) is 14.2 Å². The first-order valence-corrected chi connectivity index (χ1v) is 8.12. The molecule has 0 spiro atoms. The maximum absolute atomic E-state index is 12.4. The summed E-state index contributed by atoms with van der Waals surface area (Å²) >= 11 is 0. The van der Waals surface area contributed by atoms with E-state index in [0.29, 0.717) is 28.0 Å². The summed E-state index contributed by atoms with van der Waals surface area (Å²) in [5.41, 5.74) is 2.51. The lowest BCUT2D eigenvalue weighted by Gasteiger charge is -2.16. The zero-order valence-electron chi connectivity index (χ0n) is 14.9. The number of hydrogen-bond acceptors (Lipinski definition) is 7. The molecule has 27 heavy (non-hydrogen) atoms. The number of rotatable bonds is 8. The standard InChI is InChI=1S/C19H18N2O6/c1-24-20-17(12-27-25-2)14-8-4-3-7-13(14)11-26-21-18(22)15-9-5-6-10-16(15)19(21)23/h3-10H,11-12H2,1-2H3/b20-17+. The van der Waals surface area contributed by atoms with E-state index in [1.54, 1.807) is 36.4 Å². The minimum atomic E-state index is -0.485. The average Bonchev–Trinajstić information content (AvgIpc) is 2.94. The molecule has 0 saturated carbocycles. The molecule has 8 heteroatoms. The summed E-state index contributed by atoms with van der Waals surface area (Å²) in [4.78, 5) is 44.7. The van der Waals surface area contributed by atoms with E-state index in [4.69, 9.17) is 14.6 Å². The number of hydrogen-bond donors (Lipinski definition) is 0. The minimum absolute atomic E-state index is 0.0165. The van der Waals surface area contributed by atoms with Gasteiger partial charge in [-0.15, -0.1) is 5.06 Å². The van der Waals surface area contributed by atoms with Crippen LogP contribution in [-0.2, 0) is 26.1 Å². The smallest absolute Gasteiger partial charge is 0.285 e. The normalized spacial score (nSPS) is 13.9. The number of nitrogens with zero attached hydrogens (tertiary/aromatic N) is 2. The molecule has 0 aliphatic carbocycles. The van der Waals surface area contributed by atoms with Gasteiger partial charge in [-0.05, 0) is 17.7 Å². The third-order valence-electron chi connectivity index (χ3n) is 3.95. The molecule has 0 aromatic heterocycles. The van der Waals surface area contributed by atoms with Gasteiger partial charge in [0, 0.05) is 5.56 Å². The van der Waals surface area contributed by atoms with E-state index in [1.807, 2.05) is 12.1 Å². The number of imide groups is 1. The fourth-order valence-electron chi connectivity index (χ4n) is 2.72. The molecule has 0 radical (unpaired) electrons.